The molecule has 0 unspecified atom stereocenters. The van der Waals surface area contributed by atoms with Crippen molar-refractivity contribution in [1.29, 1.82) is 0 Å². The number of rotatable bonds is 2. The quantitative estimate of drug-likeness (QED) is 0.756. The van der Waals surface area contributed by atoms with E-state index in [1.807, 2.05) is 32.3 Å². The zero-order valence-electron chi connectivity index (χ0n) is 8.25. The summed E-state index contributed by atoms with van der Waals surface area (Å²) in [4.78, 5) is 2.10. The van der Waals surface area contributed by atoms with Crippen LogP contribution in [0.25, 0.3) is 11.0 Å². The van der Waals surface area contributed by atoms with Crippen LogP contribution in [0.15, 0.2) is 28.9 Å². The summed E-state index contributed by atoms with van der Waals surface area (Å²) in [5.74, 6) is 0. The maximum atomic E-state index is 6.00. The minimum Gasteiger partial charge on any atom is -0.462 e. The molecule has 1 aromatic carbocycles. The lowest BCUT2D eigenvalue weighted by Crippen LogP contribution is -2.09. The van der Waals surface area contributed by atoms with Crippen molar-refractivity contribution in [2.75, 3.05) is 14.1 Å². The van der Waals surface area contributed by atoms with Crippen LogP contribution >= 0.6 is 11.6 Å². The normalized spacial score (nSPS) is 11.4. The van der Waals surface area contributed by atoms with Crippen LogP contribution in [0, 0.1) is 0 Å². The minimum atomic E-state index is 0.674. The van der Waals surface area contributed by atoms with Crippen LogP contribution in [0.4, 0.5) is 0 Å². The number of hydrogen-bond donors (Lipinski definition) is 0. The molecule has 0 saturated heterocycles. The lowest BCUT2D eigenvalue weighted by atomic mass is 10.2. The predicted octanol–water partition coefficient (Wildman–Crippen LogP) is 3.15. The molecule has 0 amide bonds. The monoisotopic (exact) mass is 209 g/mol. The average Bonchev–Trinajstić information content (AvgIpc) is 2.49. The van der Waals surface area contributed by atoms with Gasteiger partial charge in [0, 0.05) is 17.5 Å². The molecule has 2 nitrogen and oxygen atoms in total. The van der Waals surface area contributed by atoms with E-state index < -0.39 is 0 Å². The number of hydrogen-bond acceptors (Lipinski definition) is 2. The highest BCUT2D eigenvalue weighted by atomic mass is 35.5. The fraction of sp³-hybridized carbons (Fsp3) is 0.273. The van der Waals surface area contributed by atoms with Crippen molar-refractivity contribution in [1.82, 2.24) is 4.90 Å². The van der Waals surface area contributed by atoms with Crippen LogP contribution in [0.1, 0.15) is 5.56 Å². The van der Waals surface area contributed by atoms with Gasteiger partial charge in [-0.3, -0.25) is 0 Å². The Balaban J connectivity index is 2.52. The Labute approximate surface area is 88.1 Å². The van der Waals surface area contributed by atoms with Gasteiger partial charge in [-0.2, -0.15) is 0 Å². The molecule has 1 aromatic heterocycles. The van der Waals surface area contributed by atoms with E-state index in [9.17, 15) is 0 Å². The molecule has 0 aliphatic carbocycles. The topological polar surface area (TPSA) is 16.4 Å². The maximum absolute atomic E-state index is 6.00. The van der Waals surface area contributed by atoms with Crippen LogP contribution in [0.2, 0.25) is 5.02 Å². The van der Waals surface area contributed by atoms with E-state index in [0.29, 0.717) is 5.02 Å². The molecular weight excluding hydrogens is 198 g/mol. The number of nitrogens with zero attached hydrogens (tertiary/aromatic N) is 1. The van der Waals surface area contributed by atoms with Crippen LogP contribution in [0.3, 0.4) is 0 Å². The van der Waals surface area contributed by atoms with E-state index in [2.05, 4.69) is 4.90 Å². The lowest BCUT2D eigenvalue weighted by molar-refractivity contribution is 0.401. The van der Waals surface area contributed by atoms with Crippen molar-refractivity contribution in [3.8, 4) is 0 Å². The summed E-state index contributed by atoms with van der Waals surface area (Å²) in [7, 11) is 4.06. The third-order valence-electron chi connectivity index (χ3n) is 2.12. The number of fused-ring (bicyclic) bond motifs is 1. The molecule has 0 spiro atoms. The second kappa shape index (κ2) is 3.64. The molecule has 0 atom stereocenters. The van der Waals surface area contributed by atoms with Gasteiger partial charge in [-0.1, -0.05) is 23.7 Å². The molecule has 2 rings (SSSR count). The Morgan fingerprint density at radius 2 is 2.14 bits per heavy atom. The molecule has 2 aromatic rings. The third-order valence-corrected chi connectivity index (χ3v) is 2.42. The summed E-state index contributed by atoms with van der Waals surface area (Å²) >= 11 is 6.00. The largest absolute Gasteiger partial charge is 0.462 e. The first-order valence-corrected chi connectivity index (χ1v) is 4.85. The zero-order valence-corrected chi connectivity index (χ0v) is 9.01. The van der Waals surface area contributed by atoms with Gasteiger partial charge in [0.05, 0.1) is 11.3 Å². The number of halogens is 1. The summed E-state index contributed by atoms with van der Waals surface area (Å²) in [6, 6.07) is 5.82. The number of para-hydroxylation sites is 1. The fourth-order valence-corrected chi connectivity index (χ4v) is 1.76. The minimum absolute atomic E-state index is 0.674. The smallest absolute Gasteiger partial charge is 0.152 e. The fourth-order valence-electron chi connectivity index (χ4n) is 1.54. The van der Waals surface area contributed by atoms with Gasteiger partial charge >= 0.3 is 0 Å². The molecule has 1 heterocycles. The lowest BCUT2D eigenvalue weighted by Gasteiger charge is -2.06. The molecule has 74 valence electrons. The van der Waals surface area contributed by atoms with Crippen LogP contribution in [0.5, 0.6) is 0 Å². The van der Waals surface area contributed by atoms with E-state index >= 15 is 0 Å². The summed E-state index contributed by atoms with van der Waals surface area (Å²) in [5, 5.41) is 1.78. The SMILES string of the molecule is CN(C)Cc1coc2c(Cl)cccc12. The predicted molar refractivity (Wildman–Crippen MR) is 58.6 cm³/mol. The first-order chi connectivity index (χ1) is 6.68. The van der Waals surface area contributed by atoms with E-state index in [-0.39, 0.29) is 0 Å². The highest BCUT2D eigenvalue weighted by molar-refractivity contribution is 6.34. The van der Waals surface area contributed by atoms with Crippen molar-refractivity contribution in [3.05, 3.63) is 35.0 Å². The third kappa shape index (κ3) is 1.63. The molecule has 14 heavy (non-hydrogen) atoms. The molecule has 0 bridgehead atoms. The van der Waals surface area contributed by atoms with Crippen molar-refractivity contribution in [3.63, 3.8) is 0 Å². The Morgan fingerprint density at radius 3 is 2.86 bits per heavy atom. The van der Waals surface area contributed by atoms with E-state index in [1.54, 1.807) is 6.26 Å². The van der Waals surface area contributed by atoms with Gasteiger partial charge in [0.15, 0.2) is 5.58 Å². The standard InChI is InChI=1S/C11H12ClNO/c1-13(2)6-8-7-14-11-9(8)4-3-5-10(11)12/h3-5,7H,6H2,1-2H3. The van der Waals surface area contributed by atoms with Gasteiger partial charge < -0.3 is 9.32 Å². The Bertz CT molecular complexity index is 447. The van der Waals surface area contributed by atoms with Gasteiger partial charge in [-0.15, -0.1) is 0 Å². The Morgan fingerprint density at radius 1 is 1.36 bits per heavy atom. The first kappa shape index (κ1) is 9.56. The molecule has 3 heteroatoms. The van der Waals surface area contributed by atoms with Gasteiger partial charge in [0.1, 0.15) is 0 Å². The van der Waals surface area contributed by atoms with Gasteiger partial charge in [-0.05, 0) is 20.2 Å². The summed E-state index contributed by atoms with van der Waals surface area (Å²) < 4.78 is 5.42. The van der Waals surface area contributed by atoms with Crippen LogP contribution < -0.4 is 0 Å². The molecule has 0 radical (unpaired) electrons. The zero-order chi connectivity index (χ0) is 10.1. The van der Waals surface area contributed by atoms with E-state index in [1.165, 1.54) is 5.56 Å². The molecule has 0 N–H and O–H groups in total. The van der Waals surface area contributed by atoms with Gasteiger partial charge in [-0.25, -0.2) is 0 Å². The number of furan rings is 1. The van der Waals surface area contributed by atoms with Crippen molar-refractivity contribution in [2.45, 2.75) is 6.54 Å². The number of benzene rings is 1. The van der Waals surface area contributed by atoms with Crippen LogP contribution in [-0.2, 0) is 6.54 Å². The highest BCUT2D eigenvalue weighted by Crippen LogP contribution is 2.27. The summed E-state index contributed by atoms with van der Waals surface area (Å²) in [6.07, 6.45) is 1.77. The molecule has 0 aliphatic heterocycles. The molecular formula is C11H12ClNO. The van der Waals surface area contributed by atoms with Gasteiger partial charge in [0.25, 0.3) is 0 Å². The molecule has 0 aliphatic rings. The highest BCUT2D eigenvalue weighted by Gasteiger charge is 2.08. The second-order valence-electron chi connectivity index (χ2n) is 3.62. The second-order valence-corrected chi connectivity index (χ2v) is 4.02. The van der Waals surface area contributed by atoms with Crippen LogP contribution in [-0.4, -0.2) is 19.0 Å². The van der Waals surface area contributed by atoms with E-state index in [0.717, 1.165) is 17.5 Å². The Kier molecular flexibility index (Phi) is 2.48. The van der Waals surface area contributed by atoms with Crippen molar-refractivity contribution in [2.24, 2.45) is 0 Å². The summed E-state index contributed by atoms with van der Waals surface area (Å²) in [5.41, 5.74) is 1.96. The first-order valence-electron chi connectivity index (χ1n) is 4.48. The summed E-state index contributed by atoms with van der Waals surface area (Å²) in [6.45, 7) is 0.868. The van der Waals surface area contributed by atoms with Crippen molar-refractivity contribution < 1.29 is 4.42 Å². The molecule has 0 fully saturated rings. The van der Waals surface area contributed by atoms with Gasteiger partial charge in [0.2, 0.25) is 0 Å². The Hall–Kier alpha value is -0.990. The maximum Gasteiger partial charge on any atom is 0.152 e. The average molecular weight is 210 g/mol. The van der Waals surface area contributed by atoms with E-state index in [4.69, 9.17) is 16.0 Å². The van der Waals surface area contributed by atoms with Crippen molar-refractivity contribution >= 4 is 22.6 Å². The molecule has 0 saturated carbocycles.